The number of piperazine rings is 1. The monoisotopic (exact) mass is 719 g/mol. The molecule has 0 spiro atoms. The highest BCUT2D eigenvalue weighted by atomic mass is 32.2. The highest BCUT2D eigenvalue weighted by Gasteiger charge is 2.26. The van der Waals surface area contributed by atoms with E-state index in [0.29, 0.717) is 53.0 Å². The van der Waals surface area contributed by atoms with E-state index in [9.17, 15) is 22.8 Å². The summed E-state index contributed by atoms with van der Waals surface area (Å²) >= 11 is 0. The minimum absolute atomic E-state index is 0.0472. The molecule has 3 N–H and O–H groups in total. The smallest absolute Gasteiger partial charge is 0.260 e. The van der Waals surface area contributed by atoms with Gasteiger partial charge in [-0.3, -0.25) is 19.1 Å². The van der Waals surface area contributed by atoms with Gasteiger partial charge in [-0.15, -0.1) is 0 Å². The van der Waals surface area contributed by atoms with E-state index < -0.39 is 15.9 Å². The van der Waals surface area contributed by atoms with E-state index in [0.717, 1.165) is 57.3 Å². The van der Waals surface area contributed by atoms with Crippen molar-refractivity contribution in [1.29, 1.82) is 0 Å². The largest absolute Gasteiger partial charge is 0.494 e. The van der Waals surface area contributed by atoms with Crippen LogP contribution < -0.4 is 24.4 Å². The van der Waals surface area contributed by atoms with Gasteiger partial charge < -0.3 is 34.5 Å². The topological polar surface area (TPSA) is 166 Å². The minimum Gasteiger partial charge on any atom is -0.494 e. The number of ether oxygens (including phenoxy) is 2. The lowest BCUT2D eigenvalue weighted by atomic mass is 9.98. The molecule has 1 aliphatic rings. The summed E-state index contributed by atoms with van der Waals surface area (Å²) in [4.78, 5) is 51.6. The molecular weight excluding hydrogens is 675 g/mol. The van der Waals surface area contributed by atoms with Gasteiger partial charge in [0.1, 0.15) is 5.75 Å². The van der Waals surface area contributed by atoms with Crippen LogP contribution in [0, 0.1) is 6.92 Å². The van der Waals surface area contributed by atoms with E-state index >= 15 is 0 Å². The lowest BCUT2D eigenvalue weighted by Crippen LogP contribution is -2.47. The first kappa shape index (κ1) is 37.1. The number of carbonyl (C=O) groups excluding carboxylic acids is 3. The summed E-state index contributed by atoms with van der Waals surface area (Å²) in [5, 5.41) is 2.65. The summed E-state index contributed by atoms with van der Waals surface area (Å²) in [7, 11) is 1.55. The van der Waals surface area contributed by atoms with Crippen molar-refractivity contribution in [2.45, 2.75) is 32.6 Å². The fourth-order valence-electron chi connectivity index (χ4n) is 6.12. The Morgan fingerprint density at radius 2 is 1.80 bits per heavy atom. The molecule has 0 radical (unpaired) electrons. The van der Waals surface area contributed by atoms with E-state index in [-0.39, 0.29) is 28.9 Å². The Hall–Kier alpha value is -5.15. The van der Waals surface area contributed by atoms with Crippen LogP contribution >= 0.6 is 0 Å². The Labute approximate surface area is 298 Å². The minimum atomic E-state index is -3.58. The quantitative estimate of drug-likeness (QED) is 0.119. The van der Waals surface area contributed by atoms with Gasteiger partial charge in [-0.25, -0.2) is 13.4 Å². The maximum Gasteiger partial charge on any atom is 0.260 e. The summed E-state index contributed by atoms with van der Waals surface area (Å²) in [6.07, 6.45) is 4.40. The number of hydrogen-bond acceptors (Lipinski definition) is 9. The summed E-state index contributed by atoms with van der Waals surface area (Å²) in [6.45, 7) is 5.72. The number of imidazole rings is 1. The molecule has 0 saturated carbocycles. The van der Waals surface area contributed by atoms with Crippen LogP contribution in [-0.2, 0) is 19.6 Å². The van der Waals surface area contributed by atoms with Crippen LogP contribution in [0.25, 0.3) is 22.2 Å². The van der Waals surface area contributed by atoms with Crippen LogP contribution in [-0.4, -0.2) is 107 Å². The predicted octanol–water partition coefficient (Wildman–Crippen LogP) is 4.48. The van der Waals surface area contributed by atoms with Crippen LogP contribution in [0.15, 0.2) is 48.5 Å². The van der Waals surface area contributed by atoms with Crippen LogP contribution in [0.3, 0.4) is 0 Å². The molecule has 1 saturated heterocycles. The standard InChI is InChI=1S/C36H45N7O7S/c1-24-13-16-29(30(22-24)50-21-8-6-7-12-31(45)43-19-17-41(2)18-20-43)42(3)35(46)27-15-14-26(34(49-4)33(27)37-23-44)25-10-9-11-28-32(25)39-36(38-28)40-51(5,47)48/h9-11,13-16,22-23H,6-8,12,17-21H2,1-5H3,(H,37,44)(H2,38,39,40). The number of unbranched alkanes of at least 4 members (excludes halogenated alkanes) is 2. The second-order valence-electron chi connectivity index (χ2n) is 12.7. The number of H-pyrrole nitrogens is 1. The molecule has 0 unspecified atom stereocenters. The zero-order valence-electron chi connectivity index (χ0n) is 29.6. The van der Waals surface area contributed by atoms with Gasteiger partial charge in [0.2, 0.25) is 28.3 Å². The third-order valence-corrected chi connectivity index (χ3v) is 9.37. The number of para-hydroxylation sites is 1. The lowest BCUT2D eigenvalue weighted by Gasteiger charge is -2.32. The fourth-order valence-corrected chi connectivity index (χ4v) is 6.56. The third-order valence-electron chi connectivity index (χ3n) is 8.81. The molecule has 51 heavy (non-hydrogen) atoms. The van der Waals surface area contributed by atoms with Gasteiger partial charge in [0.15, 0.2) is 5.75 Å². The van der Waals surface area contributed by atoms with E-state index in [2.05, 4.69) is 32.0 Å². The summed E-state index contributed by atoms with van der Waals surface area (Å²) in [6, 6.07) is 14.2. The molecule has 0 bridgehead atoms. The molecule has 1 aromatic heterocycles. The Morgan fingerprint density at radius 1 is 1.04 bits per heavy atom. The molecule has 1 aliphatic heterocycles. The molecule has 15 heteroatoms. The van der Waals surface area contributed by atoms with Crippen molar-refractivity contribution < 1.29 is 32.3 Å². The average Bonchev–Trinajstić information content (AvgIpc) is 3.50. The molecule has 0 aliphatic carbocycles. The molecule has 1 fully saturated rings. The first-order valence-electron chi connectivity index (χ1n) is 16.8. The van der Waals surface area contributed by atoms with Crippen molar-refractivity contribution in [1.82, 2.24) is 19.8 Å². The Balaban J connectivity index is 1.33. The summed E-state index contributed by atoms with van der Waals surface area (Å²) in [5.41, 5.74) is 3.97. The van der Waals surface area contributed by atoms with Gasteiger partial charge in [0.05, 0.1) is 47.9 Å². The second kappa shape index (κ2) is 16.2. The van der Waals surface area contributed by atoms with E-state index in [4.69, 9.17) is 9.47 Å². The second-order valence-corrected chi connectivity index (χ2v) is 14.4. The highest BCUT2D eigenvalue weighted by Crippen LogP contribution is 2.42. The fraction of sp³-hybridized carbons (Fsp3) is 0.389. The Bertz CT molecular complexity index is 2010. The average molecular weight is 720 g/mol. The third kappa shape index (κ3) is 8.96. The number of nitrogens with one attached hydrogen (secondary N) is 3. The van der Waals surface area contributed by atoms with Crippen molar-refractivity contribution in [3.05, 3.63) is 59.7 Å². The van der Waals surface area contributed by atoms with Gasteiger partial charge >= 0.3 is 0 Å². The van der Waals surface area contributed by atoms with Crippen LogP contribution in [0.4, 0.5) is 17.3 Å². The predicted molar refractivity (Wildman–Crippen MR) is 198 cm³/mol. The normalized spacial score (nSPS) is 13.5. The maximum absolute atomic E-state index is 14.1. The summed E-state index contributed by atoms with van der Waals surface area (Å²) in [5.74, 6) is 0.592. The first-order chi connectivity index (χ1) is 24.4. The number of sulfonamides is 1. The first-order valence-corrected chi connectivity index (χ1v) is 18.6. The SMILES string of the molecule is COc1c(-c2cccc3[nH]c(NS(C)(=O)=O)nc23)ccc(C(=O)N(C)c2ccc(C)cc2OCCCCCC(=O)N2CCN(C)CC2)c1NC=O. The number of likely N-dealkylation sites (N-methyl/N-ethyl adjacent to an activating group) is 1. The Morgan fingerprint density at radius 3 is 2.51 bits per heavy atom. The van der Waals surface area contributed by atoms with Crippen molar-refractivity contribution in [3.8, 4) is 22.6 Å². The summed E-state index contributed by atoms with van der Waals surface area (Å²) < 4.78 is 38.0. The number of fused-ring (bicyclic) bond motifs is 1. The number of anilines is 3. The number of amides is 3. The van der Waals surface area contributed by atoms with Crippen molar-refractivity contribution in [2.75, 3.05) is 75.2 Å². The van der Waals surface area contributed by atoms with Crippen LogP contribution in [0.2, 0.25) is 0 Å². The number of carbonyl (C=O) groups is 3. The zero-order valence-corrected chi connectivity index (χ0v) is 30.4. The molecule has 3 aromatic carbocycles. The molecule has 5 rings (SSSR count). The molecule has 3 amide bonds. The maximum atomic E-state index is 14.1. The van der Waals surface area contributed by atoms with Crippen molar-refractivity contribution >= 4 is 56.6 Å². The number of rotatable bonds is 15. The van der Waals surface area contributed by atoms with E-state index in [1.165, 1.54) is 12.0 Å². The molecule has 2 heterocycles. The van der Waals surface area contributed by atoms with Crippen molar-refractivity contribution in [2.24, 2.45) is 0 Å². The van der Waals surface area contributed by atoms with Gasteiger partial charge in [0.25, 0.3) is 5.91 Å². The van der Waals surface area contributed by atoms with Crippen LogP contribution in [0.5, 0.6) is 11.5 Å². The molecule has 272 valence electrons. The number of benzene rings is 3. The molecule has 4 aromatic rings. The number of nitrogens with zero attached hydrogens (tertiary/aromatic N) is 4. The van der Waals surface area contributed by atoms with Crippen LogP contribution in [0.1, 0.15) is 41.6 Å². The van der Waals surface area contributed by atoms with Gasteiger partial charge in [-0.2, -0.15) is 0 Å². The van der Waals surface area contributed by atoms with Crippen molar-refractivity contribution in [3.63, 3.8) is 0 Å². The zero-order chi connectivity index (χ0) is 36.7. The number of aromatic amines is 1. The van der Waals surface area contributed by atoms with Gasteiger partial charge in [-0.1, -0.05) is 18.2 Å². The van der Waals surface area contributed by atoms with E-state index in [1.54, 1.807) is 37.4 Å². The Kier molecular flexibility index (Phi) is 11.8. The number of hydrogen-bond donors (Lipinski definition) is 3. The number of methoxy groups -OCH3 is 1. The molecule has 0 atom stereocenters. The van der Waals surface area contributed by atoms with E-state index in [1.807, 2.05) is 30.0 Å². The number of aromatic nitrogens is 2. The van der Waals surface area contributed by atoms with Gasteiger partial charge in [0, 0.05) is 50.8 Å². The molecular formula is C36H45N7O7S. The lowest BCUT2D eigenvalue weighted by molar-refractivity contribution is -0.132. The molecule has 14 nitrogen and oxygen atoms in total. The highest BCUT2D eigenvalue weighted by molar-refractivity contribution is 7.92. The number of aryl methyl sites for hydroxylation is 1. The van der Waals surface area contributed by atoms with Gasteiger partial charge in [-0.05, 0) is 69.1 Å².